The molecule has 0 saturated heterocycles. The molecule has 3 rings (SSSR count). The molecule has 0 aliphatic rings. The minimum atomic E-state index is -0.521. The van der Waals surface area contributed by atoms with Crippen LogP contribution in [0.1, 0.15) is 12.5 Å². The number of tetrazole rings is 1. The summed E-state index contributed by atoms with van der Waals surface area (Å²) in [6, 6.07) is 9.50. The van der Waals surface area contributed by atoms with Crippen molar-refractivity contribution < 1.29 is 9.18 Å². The number of nitrogens with one attached hydrogen (secondary N) is 1. The third-order valence-electron chi connectivity index (χ3n) is 3.17. The van der Waals surface area contributed by atoms with Crippen molar-refractivity contribution >= 4 is 34.0 Å². The van der Waals surface area contributed by atoms with Crippen LogP contribution < -0.4 is 5.32 Å². The van der Waals surface area contributed by atoms with Crippen molar-refractivity contribution in [2.24, 2.45) is 0 Å². The van der Waals surface area contributed by atoms with Crippen molar-refractivity contribution in [2.45, 2.75) is 17.3 Å². The van der Waals surface area contributed by atoms with Crippen LogP contribution in [-0.4, -0.2) is 31.4 Å². The van der Waals surface area contributed by atoms with E-state index >= 15 is 0 Å². The maximum absolute atomic E-state index is 13.4. The third kappa shape index (κ3) is 3.84. The monoisotopic (exact) mass is 374 g/mol. The number of hydrogen-bond donors (Lipinski definition) is 1. The lowest BCUT2D eigenvalue weighted by Gasteiger charge is -2.11. The lowest BCUT2D eigenvalue weighted by Crippen LogP contribution is -2.22. The van der Waals surface area contributed by atoms with Crippen molar-refractivity contribution in [3.05, 3.63) is 47.1 Å². The molecular weight excluding hydrogens is 363 g/mol. The lowest BCUT2D eigenvalue weighted by atomic mass is 10.3. The molecule has 0 spiro atoms. The number of carbonyl (C=O) groups excluding carboxylic acids is 1. The number of anilines is 1. The molecule has 3 aromatic rings. The van der Waals surface area contributed by atoms with Gasteiger partial charge in [0, 0.05) is 0 Å². The van der Waals surface area contributed by atoms with E-state index in [1.807, 2.05) is 6.07 Å². The van der Waals surface area contributed by atoms with Crippen LogP contribution in [0.2, 0.25) is 0 Å². The smallest absolute Gasteiger partial charge is 0.238 e. The summed E-state index contributed by atoms with van der Waals surface area (Å²) in [6.45, 7) is 1.70. The van der Waals surface area contributed by atoms with Gasteiger partial charge >= 0.3 is 0 Å². The quantitative estimate of drug-likeness (QED) is 0.690. The van der Waals surface area contributed by atoms with Crippen LogP contribution >= 0.6 is 23.1 Å². The molecule has 0 unspecified atom stereocenters. The van der Waals surface area contributed by atoms with Gasteiger partial charge in [-0.1, -0.05) is 17.8 Å². The number of rotatable bonds is 5. The van der Waals surface area contributed by atoms with Gasteiger partial charge < -0.3 is 5.32 Å². The number of hydrogen-bond acceptors (Lipinski definition) is 7. The summed E-state index contributed by atoms with van der Waals surface area (Å²) >= 11 is 2.41. The predicted octanol–water partition coefficient (Wildman–Crippen LogP) is 2.85. The Morgan fingerprint density at radius 1 is 1.48 bits per heavy atom. The number of carbonyl (C=O) groups is 1. The minimum Gasteiger partial charge on any atom is -0.316 e. The van der Waals surface area contributed by atoms with Gasteiger partial charge in [-0.05, 0) is 47.0 Å². The number of halogens is 1. The van der Waals surface area contributed by atoms with Crippen LogP contribution in [0.15, 0.2) is 40.9 Å². The maximum Gasteiger partial charge on any atom is 0.238 e. The molecule has 0 radical (unpaired) electrons. The largest absolute Gasteiger partial charge is 0.316 e. The van der Waals surface area contributed by atoms with Crippen LogP contribution in [0.3, 0.4) is 0 Å². The molecule has 1 amide bonds. The first-order chi connectivity index (χ1) is 12.1. The fraction of sp³-hybridized carbons (Fsp3) is 0.133. The first-order valence-corrected chi connectivity index (χ1v) is 8.84. The SMILES string of the molecule is C[C@H](Sc1nnnn1-c1cccc(F)c1)C(=O)Nc1sccc1C#N. The van der Waals surface area contributed by atoms with Crippen molar-refractivity contribution in [1.29, 1.82) is 5.26 Å². The summed E-state index contributed by atoms with van der Waals surface area (Å²) in [7, 11) is 0. The highest BCUT2D eigenvalue weighted by atomic mass is 32.2. The Morgan fingerprint density at radius 3 is 3.08 bits per heavy atom. The molecule has 0 aliphatic heterocycles. The Morgan fingerprint density at radius 2 is 2.32 bits per heavy atom. The number of amides is 1. The Kier molecular flexibility index (Phi) is 5.06. The zero-order valence-corrected chi connectivity index (χ0v) is 14.5. The van der Waals surface area contributed by atoms with Gasteiger partial charge in [-0.15, -0.1) is 16.4 Å². The molecule has 1 aromatic carbocycles. The van der Waals surface area contributed by atoms with Gasteiger partial charge in [0.1, 0.15) is 16.9 Å². The van der Waals surface area contributed by atoms with Crippen LogP contribution in [-0.2, 0) is 4.79 Å². The molecule has 10 heteroatoms. The molecule has 0 saturated carbocycles. The number of thioether (sulfide) groups is 1. The second kappa shape index (κ2) is 7.42. The molecule has 7 nitrogen and oxygen atoms in total. The highest BCUT2D eigenvalue weighted by Gasteiger charge is 2.20. The lowest BCUT2D eigenvalue weighted by molar-refractivity contribution is -0.115. The standard InChI is InChI=1S/C15H11FN6OS2/c1-9(13(23)18-14-10(8-17)5-6-24-14)25-15-19-20-21-22(15)12-4-2-3-11(16)7-12/h2-7,9H,1H3,(H,18,23)/t9-/m0/s1. The van der Waals surface area contributed by atoms with Crippen LogP contribution in [0, 0.1) is 17.1 Å². The summed E-state index contributed by atoms with van der Waals surface area (Å²) in [6.07, 6.45) is 0. The van der Waals surface area contributed by atoms with E-state index in [9.17, 15) is 9.18 Å². The number of aromatic nitrogens is 4. The van der Waals surface area contributed by atoms with Crippen molar-refractivity contribution in [3.8, 4) is 11.8 Å². The molecule has 126 valence electrons. The summed E-state index contributed by atoms with van der Waals surface area (Å²) in [5.74, 6) is -0.686. The van der Waals surface area contributed by atoms with Gasteiger partial charge in [-0.25, -0.2) is 4.39 Å². The molecule has 1 N–H and O–H groups in total. The Labute approximate surface area is 150 Å². The fourth-order valence-electron chi connectivity index (χ4n) is 1.94. The minimum absolute atomic E-state index is 0.280. The van der Waals surface area contributed by atoms with Crippen molar-refractivity contribution in [2.75, 3.05) is 5.32 Å². The van der Waals surface area contributed by atoms with E-state index in [2.05, 4.69) is 20.8 Å². The number of benzene rings is 1. The molecule has 2 aromatic heterocycles. The van der Waals surface area contributed by atoms with E-state index in [4.69, 9.17) is 5.26 Å². The van der Waals surface area contributed by atoms with E-state index in [-0.39, 0.29) is 5.91 Å². The van der Waals surface area contributed by atoms with E-state index in [0.29, 0.717) is 21.4 Å². The third-order valence-corrected chi connectivity index (χ3v) is 5.03. The average Bonchev–Trinajstić information content (AvgIpc) is 3.23. The van der Waals surface area contributed by atoms with E-state index in [1.165, 1.54) is 28.2 Å². The Bertz CT molecular complexity index is 947. The van der Waals surface area contributed by atoms with E-state index in [0.717, 1.165) is 11.8 Å². The average molecular weight is 374 g/mol. The Hall–Kier alpha value is -2.77. The molecule has 0 bridgehead atoms. The summed E-state index contributed by atoms with van der Waals surface area (Å²) in [5, 5.41) is 25.1. The van der Waals surface area contributed by atoms with Gasteiger partial charge in [-0.2, -0.15) is 9.94 Å². The molecular formula is C15H11FN6OS2. The molecule has 1 atom stereocenters. The second-order valence-electron chi connectivity index (χ2n) is 4.88. The topological polar surface area (TPSA) is 96.5 Å². The highest BCUT2D eigenvalue weighted by Crippen LogP contribution is 2.26. The normalized spacial score (nSPS) is 11.7. The highest BCUT2D eigenvalue weighted by molar-refractivity contribution is 8.00. The number of thiophene rings is 1. The molecule has 0 fully saturated rings. The first kappa shape index (κ1) is 17.1. The number of nitrogens with zero attached hydrogens (tertiary/aromatic N) is 5. The van der Waals surface area contributed by atoms with Gasteiger partial charge in [0.15, 0.2) is 0 Å². The van der Waals surface area contributed by atoms with E-state index < -0.39 is 11.1 Å². The fourth-order valence-corrected chi connectivity index (χ4v) is 3.49. The zero-order valence-electron chi connectivity index (χ0n) is 12.9. The maximum atomic E-state index is 13.4. The van der Waals surface area contributed by atoms with Gasteiger partial charge in [-0.3, -0.25) is 4.79 Å². The number of nitriles is 1. The zero-order chi connectivity index (χ0) is 17.8. The summed E-state index contributed by atoms with van der Waals surface area (Å²) < 4.78 is 14.8. The molecule has 2 heterocycles. The molecule has 0 aliphatic carbocycles. The van der Waals surface area contributed by atoms with Crippen molar-refractivity contribution in [3.63, 3.8) is 0 Å². The van der Waals surface area contributed by atoms with E-state index in [1.54, 1.807) is 30.5 Å². The summed E-state index contributed by atoms with van der Waals surface area (Å²) in [4.78, 5) is 12.3. The Balaban J connectivity index is 1.74. The van der Waals surface area contributed by atoms with Crippen molar-refractivity contribution in [1.82, 2.24) is 20.2 Å². The van der Waals surface area contributed by atoms with Gasteiger partial charge in [0.25, 0.3) is 0 Å². The van der Waals surface area contributed by atoms with Crippen LogP contribution in [0.25, 0.3) is 5.69 Å². The van der Waals surface area contributed by atoms with Crippen LogP contribution in [0.5, 0.6) is 0 Å². The predicted molar refractivity (Wildman–Crippen MR) is 92.1 cm³/mol. The van der Waals surface area contributed by atoms with Crippen LogP contribution in [0.4, 0.5) is 9.39 Å². The van der Waals surface area contributed by atoms with Gasteiger partial charge in [0.05, 0.1) is 16.5 Å². The summed E-state index contributed by atoms with van der Waals surface area (Å²) in [5.41, 5.74) is 0.880. The molecule has 25 heavy (non-hydrogen) atoms. The van der Waals surface area contributed by atoms with Gasteiger partial charge in [0.2, 0.25) is 11.1 Å². The first-order valence-electron chi connectivity index (χ1n) is 7.08. The second-order valence-corrected chi connectivity index (χ2v) is 7.10.